The molecule has 2 heterocycles. The van der Waals surface area contributed by atoms with E-state index in [2.05, 4.69) is 22.5 Å². The van der Waals surface area contributed by atoms with Crippen LogP contribution >= 0.6 is 23.6 Å². The second kappa shape index (κ2) is 8.61. The fraction of sp³-hybridized carbons (Fsp3) is 0.0870. The molecule has 0 bridgehead atoms. The highest BCUT2D eigenvalue weighted by molar-refractivity contribution is 7.80. The summed E-state index contributed by atoms with van der Waals surface area (Å²) >= 11 is 6.67. The zero-order valence-electron chi connectivity index (χ0n) is 16.4. The van der Waals surface area contributed by atoms with Crippen LogP contribution in [-0.2, 0) is 0 Å². The average molecular weight is 434 g/mol. The Morgan fingerprint density at radius 3 is 2.57 bits per heavy atom. The Labute approximate surface area is 183 Å². The largest absolute Gasteiger partial charge is 0.451 e. The first-order valence-electron chi connectivity index (χ1n) is 9.30. The molecule has 2 aromatic carbocycles. The van der Waals surface area contributed by atoms with Crippen LogP contribution in [-0.4, -0.2) is 16.0 Å². The molecule has 0 fully saturated rings. The number of nitrogens with zero attached hydrogens (tertiary/aromatic N) is 1. The summed E-state index contributed by atoms with van der Waals surface area (Å²) in [5, 5.41) is 8.29. The van der Waals surface area contributed by atoms with Gasteiger partial charge in [0.15, 0.2) is 16.0 Å². The first-order valence-corrected chi connectivity index (χ1v) is 10.6. The Balaban J connectivity index is 1.39. The van der Waals surface area contributed by atoms with Gasteiger partial charge in [-0.05, 0) is 55.4 Å². The molecule has 7 heteroatoms. The summed E-state index contributed by atoms with van der Waals surface area (Å²) in [4.78, 5) is 17.0. The molecule has 30 heavy (non-hydrogen) atoms. The number of benzene rings is 2. The van der Waals surface area contributed by atoms with E-state index in [0.29, 0.717) is 10.9 Å². The van der Waals surface area contributed by atoms with Gasteiger partial charge in [0.05, 0.1) is 5.69 Å². The summed E-state index contributed by atoms with van der Waals surface area (Å²) in [5.41, 5.74) is 5.16. The molecule has 0 radical (unpaired) electrons. The number of carbonyl (C=O) groups is 1. The minimum Gasteiger partial charge on any atom is -0.451 e. The molecule has 0 aliphatic heterocycles. The van der Waals surface area contributed by atoms with Crippen LogP contribution in [0.1, 0.15) is 21.7 Å². The SMILES string of the molecule is Cc1ccc(-c2ccc(C(=O)NC(=S)Nc3nc(-c4ccccc4)cs3)o2)cc1C. The van der Waals surface area contributed by atoms with Gasteiger partial charge in [-0.3, -0.25) is 10.1 Å². The van der Waals surface area contributed by atoms with Crippen LogP contribution in [0.3, 0.4) is 0 Å². The summed E-state index contributed by atoms with van der Waals surface area (Å²) < 4.78 is 5.73. The lowest BCUT2D eigenvalue weighted by atomic mass is 10.1. The summed E-state index contributed by atoms with van der Waals surface area (Å²) in [6.07, 6.45) is 0. The summed E-state index contributed by atoms with van der Waals surface area (Å²) in [5.74, 6) is 0.411. The predicted octanol–water partition coefficient (Wildman–Crippen LogP) is 5.81. The van der Waals surface area contributed by atoms with Gasteiger partial charge in [0.1, 0.15) is 5.76 Å². The normalized spacial score (nSPS) is 10.6. The Hall–Kier alpha value is -3.29. The fourth-order valence-electron chi connectivity index (χ4n) is 2.88. The van der Waals surface area contributed by atoms with Crippen LogP contribution in [0.2, 0.25) is 0 Å². The fourth-order valence-corrected chi connectivity index (χ4v) is 3.85. The van der Waals surface area contributed by atoms with Crippen molar-refractivity contribution in [2.24, 2.45) is 0 Å². The lowest BCUT2D eigenvalue weighted by molar-refractivity contribution is 0.0951. The van der Waals surface area contributed by atoms with Crippen molar-refractivity contribution in [1.29, 1.82) is 0 Å². The van der Waals surface area contributed by atoms with Gasteiger partial charge in [-0.15, -0.1) is 11.3 Å². The third kappa shape index (κ3) is 4.48. The Bertz CT molecular complexity index is 1210. The maximum atomic E-state index is 12.5. The van der Waals surface area contributed by atoms with Crippen molar-refractivity contribution in [1.82, 2.24) is 10.3 Å². The topological polar surface area (TPSA) is 67.2 Å². The van der Waals surface area contributed by atoms with Crippen molar-refractivity contribution in [3.05, 3.63) is 82.9 Å². The van der Waals surface area contributed by atoms with Crippen LogP contribution in [0.25, 0.3) is 22.6 Å². The van der Waals surface area contributed by atoms with Crippen molar-refractivity contribution in [2.75, 3.05) is 5.32 Å². The quantitative estimate of drug-likeness (QED) is 0.397. The highest BCUT2D eigenvalue weighted by Gasteiger charge is 2.15. The molecular weight excluding hydrogens is 414 g/mol. The van der Waals surface area contributed by atoms with Gasteiger partial charge in [0.25, 0.3) is 5.91 Å². The predicted molar refractivity (Wildman–Crippen MR) is 125 cm³/mol. The minimum atomic E-state index is -0.414. The van der Waals surface area contributed by atoms with E-state index in [1.807, 2.05) is 60.8 Å². The van der Waals surface area contributed by atoms with Crippen LogP contribution in [0.4, 0.5) is 5.13 Å². The molecule has 2 N–H and O–H groups in total. The summed E-state index contributed by atoms with van der Waals surface area (Å²) in [7, 11) is 0. The van der Waals surface area contributed by atoms with E-state index in [4.69, 9.17) is 16.6 Å². The molecule has 1 amide bonds. The number of nitrogens with one attached hydrogen (secondary N) is 2. The third-order valence-electron chi connectivity index (χ3n) is 4.64. The summed E-state index contributed by atoms with van der Waals surface area (Å²) in [6.45, 7) is 4.10. The van der Waals surface area contributed by atoms with Crippen LogP contribution in [0, 0.1) is 13.8 Å². The number of furan rings is 1. The number of carbonyl (C=O) groups excluding carboxylic acids is 1. The van der Waals surface area contributed by atoms with Crippen LogP contribution in [0.5, 0.6) is 0 Å². The van der Waals surface area contributed by atoms with Crippen molar-refractivity contribution in [3.8, 4) is 22.6 Å². The maximum Gasteiger partial charge on any atom is 0.293 e. The molecule has 2 aromatic heterocycles. The van der Waals surface area contributed by atoms with Crippen molar-refractivity contribution >= 4 is 39.7 Å². The Morgan fingerprint density at radius 2 is 1.80 bits per heavy atom. The molecule has 0 atom stereocenters. The number of thiazole rings is 1. The molecule has 4 aromatic rings. The van der Waals surface area contributed by atoms with Crippen molar-refractivity contribution in [3.63, 3.8) is 0 Å². The van der Waals surface area contributed by atoms with E-state index >= 15 is 0 Å². The van der Waals surface area contributed by atoms with E-state index in [0.717, 1.165) is 16.8 Å². The summed E-state index contributed by atoms with van der Waals surface area (Å²) in [6, 6.07) is 19.3. The van der Waals surface area contributed by atoms with Crippen LogP contribution < -0.4 is 10.6 Å². The lowest BCUT2D eigenvalue weighted by Gasteiger charge is -2.06. The molecule has 0 aliphatic carbocycles. The van der Waals surface area contributed by atoms with Crippen molar-refractivity contribution < 1.29 is 9.21 Å². The molecule has 5 nitrogen and oxygen atoms in total. The molecule has 0 saturated carbocycles. The Morgan fingerprint density at radius 1 is 1.00 bits per heavy atom. The van der Waals surface area contributed by atoms with Gasteiger partial charge in [-0.1, -0.05) is 42.5 Å². The molecular formula is C23H19N3O2S2. The van der Waals surface area contributed by atoms with Crippen molar-refractivity contribution in [2.45, 2.75) is 13.8 Å². The molecule has 0 unspecified atom stereocenters. The van der Waals surface area contributed by atoms with Gasteiger partial charge in [0.2, 0.25) is 0 Å². The molecule has 0 spiro atoms. The number of anilines is 1. The zero-order valence-corrected chi connectivity index (χ0v) is 18.1. The van der Waals surface area contributed by atoms with E-state index in [1.54, 1.807) is 12.1 Å². The molecule has 150 valence electrons. The van der Waals surface area contributed by atoms with Crippen LogP contribution in [0.15, 0.2) is 70.5 Å². The first-order chi connectivity index (χ1) is 14.5. The molecule has 0 saturated heterocycles. The molecule has 0 aliphatic rings. The third-order valence-corrected chi connectivity index (χ3v) is 5.60. The highest BCUT2D eigenvalue weighted by Crippen LogP contribution is 2.25. The van der Waals surface area contributed by atoms with E-state index in [-0.39, 0.29) is 10.9 Å². The second-order valence-corrected chi connectivity index (χ2v) is 8.04. The smallest absolute Gasteiger partial charge is 0.293 e. The zero-order chi connectivity index (χ0) is 21.1. The van der Waals surface area contributed by atoms with Gasteiger partial charge in [0, 0.05) is 16.5 Å². The van der Waals surface area contributed by atoms with Gasteiger partial charge in [-0.2, -0.15) is 0 Å². The monoisotopic (exact) mass is 433 g/mol. The van der Waals surface area contributed by atoms with Gasteiger partial charge >= 0.3 is 0 Å². The average Bonchev–Trinajstić information content (AvgIpc) is 3.41. The number of aromatic nitrogens is 1. The number of hydrogen-bond donors (Lipinski definition) is 2. The number of thiocarbonyl (C=S) groups is 1. The molecule has 4 rings (SSSR count). The first kappa shape index (κ1) is 20.0. The standard InChI is InChI=1S/C23H19N3O2S2/c1-14-8-9-17(12-15(14)2)19-10-11-20(28-19)21(27)25-22(29)26-23-24-18(13-30-23)16-6-4-3-5-7-16/h3-13H,1-2H3,(H2,24,25,26,27,29). The Kier molecular flexibility index (Phi) is 5.74. The van der Waals surface area contributed by atoms with E-state index < -0.39 is 5.91 Å². The number of aryl methyl sites for hydroxylation is 2. The number of rotatable bonds is 4. The number of hydrogen-bond acceptors (Lipinski definition) is 5. The highest BCUT2D eigenvalue weighted by atomic mass is 32.1. The minimum absolute atomic E-state index is 0.165. The van der Waals surface area contributed by atoms with Gasteiger partial charge in [-0.25, -0.2) is 4.98 Å². The van der Waals surface area contributed by atoms with E-state index in [9.17, 15) is 4.79 Å². The maximum absolute atomic E-state index is 12.5. The number of amides is 1. The van der Waals surface area contributed by atoms with Gasteiger partial charge < -0.3 is 9.73 Å². The lowest BCUT2D eigenvalue weighted by Crippen LogP contribution is -2.33. The van der Waals surface area contributed by atoms with E-state index in [1.165, 1.54) is 22.5 Å². The second-order valence-electron chi connectivity index (χ2n) is 6.78.